The first-order valence-electron chi connectivity index (χ1n) is 14.7. The molecule has 2 aliphatic heterocycles. The van der Waals surface area contributed by atoms with E-state index in [1.807, 2.05) is 43.0 Å². The summed E-state index contributed by atoms with van der Waals surface area (Å²) in [6.45, 7) is 8.47. The summed E-state index contributed by atoms with van der Waals surface area (Å²) >= 11 is 0. The summed E-state index contributed by atoms with van der Waals surface area (Å²) in [5.41, 5.74) is 0.768. The number of hydrogen-bond acceptors (Lipinski definition) is 5. The maximum Gasteiger partial charge on any atom is 0.416 e. The van der Waals surface area contributed by atoms with Gasteiger partial charge in [-0.05, 0) is 82.0 Å². The van der Waals surface area contributed by atoms with E-state index in [4.69, 9.17) is 0 Å². The number of carbonyl (C=O) groups is 3. The number of carbonyl (C=O) groups excluding carboxylic acids is 3. The molecule has 3 amide bonds. The van der Waals surface area contributed by atoms with Gasteiger partial charge in [0.05, 0.1) is 12.1 Å². The van der Waals surface area contributed by atoms with Crippen LogP contribution in [0, 0.1) is 0 Å². The molecule has 0 bridgehead atoms. The van der Waals surface area contributed by atoms with Gasteiger partial charge in [-0.25, -0.2) is 0 Å². The second-order valence-corrected chi connectivity index (χ2v) is 10.9. The zero-order valence-electron chi connectivity index (χ0n) is 24.3. The van der Waals surface area contributed by atoms with Gasteiger partial charge in [0.25, 0.3) is 11.8 Å². The first-order chi connectivity index (χ1) is 20.1. The molecule has 228 valence electrons. The number of rotatable bonds is 9. The van der Waals surface area contributed by atoms with Gasteiger partial charge in [-0.1, -0.05) is 6.07 Å². The summed E-state index contributed by atoms with van der Waals surface area (Å²) in [5.74, 6) is -1.04. The Morgan fingerprint density at radius 2 is 1.67 bits per heavy atom. The third kappa shape index (κ3) is 8.02. The fourth-order valence-electron chi connectivity index (χ4n) is 5.83. The van der Waals surface area contributed by atoms with Crippen LogP contribution >= 0.6 is 0 Å². The van der Waals surface area contributed by atoms with Gasteiger partial charge in [-0.3, -0.25) is 19.3 Å². The standard InChI is InChI=1S/C31H40F3N5O3/c1-3-37(4-2)30(42)22-10-12-27(13-11-22)38-16-6-9-26(15-18-38)39-17-14-25(21-39)36-28(40)20-35-29(41)23-7-5-8-24(19-23)31(32,33)34/h5,7-8,10-13,19,25-26H,3-4,6,9,14-18,20-21H2,1-2H3,(H,35,41)(H,36,40)/t25-,26?/m1/s1. The van der Waals surface area contributed by atoms with Crippen molar-refractivity contribution in [3.8, 4) is 0 Å². The van der Waals surface area contributed by atoms with Gasteiger partial charge in [0.2, 0.25) is 5.91 Å². The van der Waals surface area contributed by atoms with Gasteiger partial charge in [-0.2, -0.15) is 13.2 Å². The number of amides is 3. The Balaban J connectivity index is 1.22. The van der Waals surface area contributed by atoms with Gasteiger partial charge in [0.15, 0.2) is 0 Å². The van der Waals surface area contributed by atoms with Crippen molar-refractivity contribution in [2.75, 3.05) is 50.7 Å². The molecule has 11 heteroatoms. The highest BCUT2D eigenvalue weighted by atomic mass is 19.4. The van der Waals surface area contributed by atoms with Crippen molar-refractivity contribution in [3.63, 3.8) is 0 Å². The predicted octanol–water partition coefficient (Wildman–Crippen LogP) is 4.17. The molecule has 2 aromatic carbocycles. The van der Waals surface area contributed by atoms with Gasteiger partial charge in [0.1, 0.15) is 0 Å². The number of nitrogens with zero attached hydrogens (tertiary/aromatic N) is 3. The van der Waals surface area contributed by atoms with Crippen LogP contribution in [0.25, 0.3) is 0 Å². The summed E-state index contributed by atoms with van der Waals surface area (Å²) in [6.07, 6.45) is -0.651. The minimum atomic E-state index is -4.55. The molecule has 4 rings (SSSR count). The average molecular weight is 588 g/mol. The zero-order chi connectivity index (χ0) is 30.3. The zero-order valence-corrected chi connectivity index (χ0v) is 24.3. The lowest BCUT2D eigenvalue weighted by atomic mass is 10.1. The monoisotopic (exact) mass is 587 g/mol. The lowest BCUT2D eigenvalue weighted by Gasteiger charge is -2.27. The Morgan fingerprint density at radius 3 is 2.36 bits per heavy atom. The number of hydrogen-bond donors (Lipinski definition) is 2. The molecule has 2 aliphatic rings. The second-order valence-electron chi connectivity index (χ2n) is 10.9. The average Bonchev–Trinajstić information content (AvgIpc) is 3.30. The quantitative estimate of drug-likeness (QED) is 0.460. The Labute approximate surface area is 245 Å². The SMILES string of the molecule is CCN(CC)C(=O)c1ccc(N2CCCC(N3CC[C@@H](NC(=O)CNC(=O)c4cccc(C(F)(F)F)c4)C3)CC2)cc1. The molecule has 0 aromatic heterocycles. The first kappa shape index (κ1) is 31.3. The molecule has 2 saturated heterocycles. The molecule has 0 spiro atoms. The van der Waals surface area contributed by atoms with Crippen LogP contribution in [0.15, 0.2) is 48.5 Å². The maximum atomic E-state index is 12.9. The van der Waals surface area contributed by atoms with E-state index >= 15 is 0 Å². The molecule has 2 heterocycles. The fraction of sp³-hybridized carbons (Fsp3) is 0.516. The van der Waals surface area contributed by atoms with Crippen LogP contribution in [0.4, 0.5) is 18.9 Å². The molecule has 0 saturated carbocycles. The van der Waals surface area contributed by atoms with Crippen LogP contribution in [0.3, 0.4) is 0 Å². The molecule has 1 unspecified atom stereocenters. The van der Waals surface area contributed by atoms with Crippen LogP contribution in [0.2, 0.25) is 0 Å². The van der Waals surface area contributed by atoms with Gasteiger partial charge in [-0.15, -0.1) is 0 Å². The van der Waals surface area contributed by atoms with Crippen LogP contribution in [-0.2, 0) is 11.0 Å². The minimum Gasteiger partial charge on any atom is -0.371 e. The summed E-state index contributed by atoms with van der Waals surface area (Å²) in [5, 5.41) is 5.37. The number of halogens is 3. The van der Waals surface area contributed by atoms with Gasteiger partial charge < -0.3 is 20.4 Å². The van der Waals surface area contributed by atoms with Crippen LogP contribution in [0.5, 0.6) is 0 Å². The van der Waals surface area contributed by atoms with E-state index in [0.29, 0.717) is 24.7 Å². The highest BCUT2D eigenvalue weighted by Gasteiger charge is 2.32. The summed E-state index contributed by atoms with van der Waals surface area (Å²) in [7, 11) is 0. The van der Waals surface area contributed by atoms with E-state index in [9.17, 15) is 27.6 Å². The minimum absolute atomic E-state index is 0.0433. The highest BCUT2D eigenvalue weighted by molar-refractivity contribution is 5.96. The van der Waals surface area contributed by atoms with Crippen molar-refractivity contribution in [3.05, 3.63) is 65.2 Å². The second kappa shape index (κ2) is 14.0. The number of likely N-dealkylation sites (tertiary alicyclic amines) is 1. The van der Waals surface area contributed by atoms with Crippen molar-refractivity contribution in [2.45, 2.75) is 57.8 Å². The molecule has 2 atom stereocenters. The number of nitrogens with one attached hydrogen (secondary N) is 2. The summed E-state index contributed by atoms with van der Waals surface area (Å²) in [4.78, 5) is 44.0. The van der Waals surface area contributed by atoms with Crippen molar-refractivity contribution in [1.82, 2.24) is 20.4 Å². The van der Waals surface area contributed by atoms with Gasteiger partial charge in [0, 0.05) is 68.2 Å². The molecule has 2 aromatic rings. The largest absolute Gasteiger partial charge is 0.416 e. The molecular formula is C31H40F3N5O3. The third-order valence-electron chi connectivity index (χ3n) is 8.19. The van der Waals surface area contributed by atoms with Crippen molar-refractivity contribution < 1.29 is 27.6 Å². The van der Waals surface area contributed by atoms with Crippen LogP contribution in [0.1, 0.15) is 65.8 Å². The predicted molar refractivity (Wildman–Crippen MR) is 155 cm³/mol. The third-order valence-corrected chi connectivity index (χ3v) is 8.19. The number of benzene rings is 2. The molecule has 0 radical (unpaired) electrons. The number of alkyl halides is 3. The number of anilines is 1. The molecule has 42 heavy (non-hydrogen) atoms. The molecular weight excluding hydrogens is 547 g/mol. The maximum absolute atomic E-state index is 12.9. The van der Waals surface area contributed by atoms with Crippen molar-refractivity contribution in [1.29, 1.82) is 0 Å². The van der Waals surface area contributed by atoms with E-state index < -0.39 is 17.6 Å². The van der Waals surface area contributed by atoms with E-state index in [-0.39, 0.29) is 30.0 Å². The van der Waals surface area contributed by atoms with Crippen molar-refractivity contribution in [2.24, 2.45) is 0 Å². The van der Waals surface area contributed by atoms with Crippen LogP contribution < -0.4 is 15.5 Å². The summed E-state index contributed by atoms with van der Waals surface area (Å²) in [6, 6.07) is 12.4. The molecule has 2 N–H and O–H groups in total. The first-order valence-corrected chi connectivity index (χ1v) is 14.7. The fourth-order valence-corrected chi connectivity index (χ4v) is 5.83. The smallest absolute Gasteiger partial charge is 0.371 e. The Kier molecular flexibility index (Phi) is 10.5. The van der Waals surface area contributed by atoms with Crippen LogP contribution in [-0.4, -0.2) is 85.4 Å². The molecule has 8 nitrogen and oxygen atoms in total. The molecule has 0 aliphatic carbocycles. The van der Waals surface area contributed by atoms with E-state index in [1.54, 1.807) is 0 Å². The van der Waals surface area contributed by atoms with Crippen molar-refractivity contribution >= 4 is 23.4 Å². The topological polar surface area (TPSA) is 85.0 Å². The lowest BCUT2D eigenvalue weighted by molar-refractivity contribution is -0.137. The van der Waals surface area contributed by atoms with E-state index in [2.05, 4.69) is 20.4 Å². The van der Waals surface area contributed by atoms with Gasteiger partial charge >= 0.3 is 6.18 Å². The normalized spacial score (nSPS) is 19.7. The summed E-state index contributed by atoms with van der Waals surface area (Å²) < 4.78 is 38.8. The van der Waals surface area contributed by atoms with E-state index in [0.717, 1.165) is 69.7 Å². The highest BCUT2D eigenvalue weighted by Crippen LogP contribution is 2.29. The Hall–Kier alpha value is -3.60. The Bertz CT molecular complexity index is 1230. The van der Waals surface area contributed by atoms with E-state index in [1.165, 1.54) is 12.1 Å². The Morgan fingerprint density at radius 1 is 0.929 bits per heavy atom. The molecule has 2 fully saturated rings. The lowest BCUT2D eigenvalue weighted by Crippen LogP contribution is -2.44.